The van der Waals surface area contributed by atoms with Gasteiger partial charge in [-0.1, -0.05) is 25.1 Å². The fourth-order valence-corrected chi connectivity index (χ4v) is 2.82. The highest BCUT2D eigenvalue weighted by Crippen LogP contribution is 2.16. The first-order valence-electron chi connectivity index (χ1n) is 7.50. The summed E-state index contributed by atoms with van der Waals surface area (Å²) in [6, 6.07) is 11.5. The topological polar surface area (TPSA) is 65.5 Å². The van der Waals surface area contributed by atoms with Gasteiger partial charge >= 0.3 is 0 Å². The van der Waals surface area contributed by atoms with Crippen LogP contribution in [-0.2, 0) is 4.79 Å². The number of anilines is 1. The van der Waals surface area contributed by atoms with Gasteiger partial charge in [0.15, 0.2) is 5.96 Å². The van der Waals surface area contributed by atoms with Gasteiger partial charge in [0, 0.05) is 19.3 Å². The second-order valence-corrected chi connectivity index (χ2v) is 5.96. The monoisotopic (exact) mass is 330 g/mol. The summed E-state index contributed by atoms with van der Waals surface area (Å²) < 4.78 is 0. The number of amides is 1. The van der Waals surface area contributed by atoms with Crippen molar-refractivity contribution >= 4 is 28.9 Å². The highest BCUT2D eigenvalue weighted by molar-refractivity contribution is 7.07. The van der Waals surface area contributed by atoms with Crippen LogP contribution in [0, 0.1) is 0 Å². The van der Waals surface area contributed by atoms with Crippen molar-refractivity contribution in [2.75, 3.05) is 25.5 Å². The molecule has 1 aromatic heterocycles. The zero-order chi connectivity index (χ0) is 16.5. The molecule has 0 aliphatic rings. The zero-order valence-electron chi connectivity index (χ0n) is 13.4. The zero-order valence-corrected chi connectivity index (χ0v) is 14.2. The standard InChI is InChI=1S/C17H22N4OS/c1-13(14-8-9-23-12-14)10-19-17(18-2)20-11-16(22)21-15-6-4-3-5-7-15/h3-9,12-13H,10-11H2,1-2H3,(H,21,22)(H2,18,19,20). The van der Waals surface area contributed by atoms with Crippen molar-refractivity contribution in [1.29, 1.82) is 0 Å². The van der Waals surface area contributed by atoms with E-state index in [-0.39, 0.29) is 12.5 Å². The smallest absolute Gasteiger partial charge is 0.243 e. The fourth-order valence-electron chi connectivity index (χ4n) is 2.03. The molecule has 0 bridgehead atoms. The van der Waals surface area contributed by atoms with Crippen LogP contribution in [0.4, 0.5) is 5.69 Å². The molecule has 1 amide bonds. The number of rotatable bonds is 6. The second kappa shape index (κ2) is 8.95. The van der Waals surface area contributed by atoms with E-state index in [4.69, 9.17) is 0 Å². The molecule has 1 aromatic carbocycles. The van der Waals surface area contributed by atoms with Crippen molar-refractivity contribution in [2.45, 2.75) is 12.8 Å². The number of nitrogens with zero attached hydrogens (tertiary/aromatic N) is 1. The molecule has 0 aliphatic heterocycles. The van der Waals surface area contributed by atoms with Gasteiger partial charge in [-0.3, -0.25) is 9.79 Å². The van der Waals surface area contributed by atoms with Crippen molar-refractivity contribution in [1.82, 2.24) is 10.6 Å². The van der Waals surface area contributed by atoms with E-state index < -0.39 is 0 Å². The third-order valence-corrected chi connectivity index (χ3v) is 4.09. The van der Waals surface area contributed by atoms with Crippen molar-refractivity contribution in [3.05, 3.63) is 52.7 Å². The largest absolute Gasteiger partial charge is 0.356 e. The number of nitrogens with one attached hydrogen (secondary N) is 3. The van der Waals surface area contributed by atoms with Crippen molar-refractivity contribution in [3.8, 4) is 0 Å². The minimum atomic E-state index is -0.106. The predicted molar refractivity (Wildman–Crippen MR) is 97.2 cm³/mol. The summed E-state index contributed by atoms with van der Waals surface area (Å²) in [5.74, 6) is 0.901. The molecule has 23 heavy (non-hydrogen) atoms. The highest BCUT2D eigenvalue weighted by atomic mass is 32.1. The van der Waals surface area contributed by atoms with E-state index in [1.165, 1.54) is 5.56 Å². The Balaban J connectivity index is 1.73. The van der Waals surface area contributed by atoms with Gasteiger partial charge in [-0.15, -0.1) is 0 Å². The van der Waals surface area contributed by atoms with Crippen LogP contribution in [0.25, 0.3) is 0 Å². The van der Waals surface area contributed by atoms with Crippen molar-refractivity contribution in [3.63, 3.8) is 0 Å². The number of carbonyl (C=O) groups is 1. The Hall–Kier alpha value is -2.34. The molecule has 3 N–H and O–H groups in total. The molecule has 0 aliphatic carbocycles. The third kappa shape index (κ3) is 5.75. The van der Waals surface area contributed by atoms with Crippen LogP contribution in [0.15, 0.2) is 52.2 Å². The lowest BCUT2D eigenvalue weighted by Crippen LogP contribution is -2.42. The first-order valence-corrected chi connectivity index (χ1v) is 8.45. The lowest BCUT2D eigenvalue weighted by Gasteiger charge is -2.15. The molecule has 6 heteroatoms. The van der Waals surface area contributed by atoms with E-state index in [2.05, 4.69) is 44.7 Å². The summed E-state index contributed by atoms with van der Waals surface area (Å²) in [4.78, 5) is 16.0. The molecule has 0 saturated heterocycles. The van der Waals surface area contributed by atoms with Gasteiger partial charge in [-0.2, -0.15) is 11.3 Å². The number of aliphatic imine (C=N–C) groups is 1. The molecular weight excluding hydrogens is 308 g/mol. The fraction of sp³-hybridized carbons (Fsp3) is 0.294. The Morgan fingerprint density at radius 1 is 1.22 bits per heavy atom. The molecule has 1 unspecified atom stereocenters. The van der Waals surface area contributed by atoms with E-state index >= 15 is 0 Å². The van der Waals surface area contributed by atoms with E-state index in [1.54, 1.807) is 18.4 Å². The molecule has 1 heterocycles. The Morgan fingerprint density at radius 2 is 2.00 bits per heavy atom. The quantitative estimate of drug-likeness (QED) is 0.563. The summed E-state index contributed by atoms with van der Waals surface area (Å²) in [5, 5.41) is 13.3. The van der Waals surface area contributed by atoms with Gasteiger partial charge in [0.25, 0.3) is 0 Å². The molecule has 0 fully saturated rings. The number of carbonyl (C=O) groups excluding carboxylic acids is 1. The molecule has 1 atom stereocenters. The summed E-state index contributed by atoms with van der Waals surface area (Å²) in [7, 11) is 1.69. The van der Waals surface area contributed by atoms with Crippen LogP contribution in [0.5, 0.6) is 0 Å². The molecule has 2 rings (SSSR count). The Bertz CT molecular complexity index is 625. The van der Waals surface area contributed by atoms with Crippen LogP contribution < -0.4 is 16.0 Å². The third-order valence-electron chi connectivity index (χ3n) is 3.39. The lowest BCUT2D eigenvalue weighted by atomic mass is 10.1. The van der Waals surface area contributed by atoms with Gasteiger partial charge in [0.05, 0.1) is 6.54 Å². The summed E-state index contributed by atoms with van der Waals surface area (Å²) in [5.41, 5.74) is 2.09. The molecule has 5 nitrogen and oxygen atoms in total. The van der Waals surface area contributed by atoms with Crippen LogP contribution in [0.2, 0.25) is 0 Å². The highest BCUT2D eigenvalue weighted by Gasteiger charge is 2.08. The number of hydrogen-bond donors (Lipinski definition) is 3. The number of benzene rings is 1. The van der Waals surface area contributed by atoms with Crippen LogP contribution in [0.3, 0.4) is 0 Å². The Kier molecular flexibility index (Phi) is 6.62. The van der Waals surface area contributed by atoms with Gasteiger partial charge in [-0.25, -0.2) is 0 Å². The lowest BCUT2D eigenvalue weighted by molar-refractivity contribution is -0.115. The molecule has 0 saturated carbocycles. The number of hydrogen-bond acceptors (Lipinski definition) is 3. The minimum absolute atomic E-state index is 0.106. The van der Waals surface area contributed by atoms with Crippen molar-refractivity contribution < 1.29 is 4.79 Å². The molecule has 2 aromatic rings. The van der Waals surface area contributed by atoms with Gasteiger partial charge in [0.1, 0.15) is 0 Å². The Morgan fingerprint density at radius 3 is 2.65 bits per heavy atom. The number of thiophene rings is 1. The summed E-state index contributed by atoms with van der Waals surface area (Å²) in [6.07, 6.45) is 0. The van der Waals surface area contributed by atoms with Crippen LogP contribution in [-0.4, -0.2) is 32.0 Å². The maximum absolute atomic E-state index is 11.9. The van der Waals surface area contributed by atoms with E-state index in [0.717, 1.165) is 12.2 Å². The summed E-state index contributed by atoms with van der Waals surface area (Å²) >= 11 is 1.70. The second-order valence-electron chi connectivity index (χ2n) is 5.18. The van der Waals surface area contributed by atoms with E-state index in [9.17, 15) is 4.79 Å². The summed E-state index contributed by atoms with van der Waals surface area (Å²) in [6.45, 7) is 3.09. The van der Waals surface area contributed by atoms with Gasteiger partial charge in [0.2, 0.25) is 5.91 Å². The molecule has 122 valence electrons. The van der Waals surface area contributed by atoms with Gasteiger partial charge < -0.3 is 16.0 Å². The van der Waals surface area contributed by atoms with Crippen LogP contribution >= 0.6 is 11.3 Å². The van der Waals surface area contributed by atoms with E-state index in [0.29, 0.717) is 11.9 Å². The molecular formula is C17H22N4OS. The SMILES string of the molecule is CN=C(NCC(=O)Nc1ccccc1)NCC(C)c1ccsc1. The van der Waals surface area contributed by atoms with E-state index in [1.807, 2.05) is 30.3 Å². The first-order chi connectivity index (χ1) is 11.2. The van der Waals surface area contributed by atoms with Crippen molar-refractivity contribution in [2.24, 2.45) is 4.99 Å². The normalized spacial score (nSPS) is 12.5. The predicted octanol–water partition coefficient (Wildman–Crippen LogP) is 2.66. The first kappa shape index (κ1) is 17.0. The molecule has 0 radical (unpaired) electrons. The molecule has 0 spiro atoms. The average molecular weight is 330 g/mol. The average Bonchev–Trinajstić information content (AvgIpc) is 3.10. The van der Waals surface area contributed by atoms with Crippen LogP contribution in [0.1, 0.15) is 18.4 Å². The number of para-hydroxylation sites is 1. The number of guanidine groups is 1. The Labute approximate surface area is 140 Å². The maximum Gasteiger partial charge on any atom is 0.243 e. The maximum atomic E-state index is 11.9. The minimum Gasteiger partial charge on any atom is -0.356 e. The van der Waals surface area contributed by atoms with Gasteiger partial charge in [-0.05, 0) is 40.4 Å².